The SMILES string of the molecule is CN=C(NCc1ccc(OCC(F)(F)F)cc1)N1CC(C)C(C(=O)OC)C1. The molecule has 0 saturated carbocycles. The van der Waals surface area contributed by atoms with Gasteiger partial charge in [-0.2, -0.15) is 13.2 Å². The number of carbonyl (C=O) groups is 1. The van der Waals surface area contributed by atoms with Crippen LogP contribution in [0.4, 0.5) is 13.2 Å². The molecule has 1 aliphatic rings. The van der Waals surface area contributed by atoms with Crippen molar-refractivity contribution in [3.63, 3.8) is 0 Å². The molecule has 1 aromatic carbocycles. The van der Waals surface area contributed by atoms with Gasteiger partial charge in [-0.25, -0.2) is 0 Å². The van der Waals surface area contributed by atoms with Gasteiger partial charge in [-0.05, 0) is 23.6 Å². The van der Waals surface area contributed by atoms with Crippen molar-refractivity contribution in [3.8, 4) is 5.75 Å². The zero-order valence-corrected chi connectivity index (χ0v) is 15.5. The van der Waals surface area contributed by atoms with Gasteiger partial charge in [0, 0.05) is 26.7 Å². The molecule has 1 fully saturated rings. The summed E-state index contributed by atoms with van der Waals surface area (Å²) in [5, 5.41) is 3.20. The van der Waals surface area contributed by atoms with Crippen LogP contribution in [-0.4, -0.2) is 56.9 Å². The summed E-state index contributed by atoms with van der Waals surface area (Å²) < 4.78 is 46.0. The van der Waals surface area contributed by atoms with Gasteiger partial charge in [0.2, 0.25) is 0 Å². The minimum atomic E-state index is -4.36. The quantitative estimate of drug-likeness (QED) is 0.478. The lowest BCUT2D eigenvalue weighted by atomic mass is 9.99. The molecule has 1 N–H and O–H groups in total. The molecule has 1 aromatic rings. The summed E-state index contributed by atoms with van der Waals surface area (Å²) in [7, 11) is 3.04. The fourth-order valence-corrected chi connectivity index (χ4v) is 2.98. The Balaban J connectivity index is 1.88. The third-order valence-electron chi connectivity index (χ3n) is 4.40. The molecule has 1 aliphatic heterocycles. The molecule has 2 atom stereocenters. The molecule has 0 spiro atoms. The number of esters is 1. The van der Waals surface area contributed by atoms with Crippen LogP contribution < -0.4 is 10.1 Å². The highest BCUT2D eigenvalue weighted by atomic mass is 19.4. The van der Waals surface area contributed by atoms with Gasteiger partial charge in [0.25, 0.3) is 0 Å². The second-order valence-corrected chi connectivity index (χ2v) is 6.46. The lowest BCUT2D eigenvalue weighted by Gasteiger charge is -2.21. The van der Waals surface area contributed by atoms with E-state index < -0.39 is 12.8 Å². The van der Waals surface area contributed by atoms with E-state index in [4.69, 9.17) is 4.74 Å². The first-order valence-corrected chi connectivity index (χ1v) is 8.55. The summed E-state index contributed by atoms with van der Waals surface area (Å²) in [5.74, 6) is 0.551. The number of hydrogen-bond acceptors (Lipinski definition) is 4. The Hall–Kier alpha value is -2.45. The van der Waals surface area contributed by atoms with Crippen LogP contribution in [0.1, 0.15) is 12.5 Å². The molecule has 1 heterocycles. The Morgan fingerprint density at radius 2 is 1.96 bits per heavy atom. The van der Waals surface area contributed by atoms with Crippen molar-refractivity contribution in [1.82, 2.24) is 10.2 Å². The molecular formula is C18H24F3N3O3. The van der Waals surface area contributed by atoms with Gasteiger partial charge < -0.3 is 19.7 Å². The maximum absolute atomic E-state index is 12.2. The number of ether oxygens (including phenoxy) is 2. The summed E-state index contributed by atoms with van der Waals surface area (Å²) >= 11 is 0. The number of hydrogen-bond donors (Lipinski definition) is 1. The highest BCUT2D eigenvalue weighted by Gasteiger charge is 2.36. The molecule has 9 heteroatoms. The Bertz CT molecular complexity index is 662. The van der Waals surface area contributed by atoms with Crippen LogP contribution in [0.15, 0.2) is 29.3 Å². The number of nitrogens with one attached hydrogen (secondary N) is 1. The number of aliphatic imine (C=N–C) groups is 1. The Labute approximate surface area is 156 Å². The number of benzene rings is 1. The fourth-order valence-electron chi connectivity index (χ4n) is 2.98. The number of rotatable bonds is 5. The standard InChI is InChI=1S/C18H24F3N3O3/c1-12-9-24(10-15(12)16(25)26-3)17(22-2)23-8-13-4-6-14(7-5-13)27-11-18(19,20)21/h4-7,12,15H,8-11H2,1-3H3,(H,22,23). The summed E-state index contributed by atoms with van der Waals surface area (Å²) in [5.41, 5.74) is 0.868. The highest BCUT2D eigenvalue weighted by Crippen LogP contribution is 2.24. The normalized spacial score (nSPS) is 20.5. The zero-order chi connectivity index (χ0) is 20.0. The van der Waals surface area contributed by atoms with Crippen LogP contribution in [0.25, 0.3) is 0 Å². The molecule has 150 valence electrons. The van der Waals surface area contributed by atoms with E-state index in [2.05, 4.69) is 15.0 Å². The first-order chi connectivity index (χ1) is 12.7. The van der Waals surface area contributed by atoms with Crippen LogP contribution >= 0.6 is 0 Å². The Morgan fingerprint density at radius 1 is 1.30 bits per heavy atom. The topological polar surface area (TPSA) is 63.2 Å². The number of likely N-dealkylation sites (tertiary alicyclic amines) is 1. The van der Waals surface area contributed by atoms with Gasteiger partial charge in [-0.3, -0.25) is 9.79 Å². The highest BCUT2D eigenvalue weighted by molar-refractivity contribution is 5.82. The van der Waals surface area contributed by atoms with Crippen LogP contribution in [0.2, 0.25) is 0 Å². The number of alkyl halides is 3. The first-order valence-electron chi connectivity index (χ1n) is 8.55. The second kappa shape index (κ2) is 8.96. The van der Waals surface area contributed by atoms with Crippen molar-refractivity contribution in [3.05, 3.63) is 29.8 Å². The summed E-state index contributed by atoms with van der Waals surface area (Å²) in [6, 6.07) is 6.37. The number of methoxy groups -OCH3 is 1. The van der Waals surface area contributed by atoms with Gasteiger partial charge in [0.05, 0.1) is 13.0 Å². The zero-order valence-electron chi connectivity index (χ0n) is 15.5. The second-order valence-electron chi connectivity index (χ2n) is 6.46. The van der Waals surface area contributed by atoms with Crippen LogP contribution in [0.3, 0.4) is 0 Å². The summed E-state index contributed by atoms with van der Waals surface area (Å²) in [4.78, 5) is 18.1. The third-order valence-corrected chi connectivity index (χ3v) is 4.40. The number of carbonyl (C=O) groups excluding carboxylic acids is 1. The Morgan fingerprint density at radius 3 is 2.52 bits per heavy atom. The van der Waals surface area contributed by atoms with E-state index in [1.54, 1.807) is 19.2 Å². The minimum absolute atomic E-state index is 0.154. The van der Waals surface area contributed by atoms with Crippen LogP contribution in [0.5, 0.6) is 5.75 Å². The summed E-state index contributed by atoms with van der Waals surface area (Å²) in [6.07, 6.45) is -4.36. The van der Waals surface area contributed by atoms with Gasteiger partial charge in [-0.1, -0.05) is 19.1 Å². The number of halogens is 3. The molecule has 0 radical (unpaired) electrons. The average Bonchev–Trinajstić information content (AvgIpc) is 3.01. The monoisotopic (exact) mass is 387 g/mol. The van der Waals surface area contributed by atoms with Gasteiger partial charge >= 0.3 is 12.1 Å². The molecule has 2 unspecified atom stereocenters. The van der Waals surface area contributed by atoms with Gasteiger partial charge in [0.15, 0.2) is 12.6 Å². The molecule has 27 heavy (non-hydrogen) atoms. The van der Waals surface area contributed by atoms with E-state index >= 15 is 0 Å². The molecule has 1 saturated heterocycles. The van der Waals surface area contributed by atoms with E-state index in [-0.39, 0.29) is 23.6 Å². The van der Waals surface area contributed by atoms with Crippen molar-refractivity contribution in [1.29, 1.82) is 0 Å². The predicted molar refractivity (Wildman–Crippen MR) is 94.4 cm³/mol. The molecule has 0 aliphatic carbocycles. The largest absolute Gasteiger partial charge is 0.484 e. The van der Waals surface area contributed by atoms with E-state index in [1.165, 1.54) is 19.2 Å². The Kier molecular flexibility index (Phi) is 6.92. The maximum Gasteiger partial charge on any atom is 0.422 e. The lowest BCUT2D eigenvalue weighted by Crippen LogP contribution is -2.40. The molecule has 6 nitrogen and oxygen atoms in total. The molecular weight excluding hydrogens is 363 g/mol. The van der Waals surface area contributed by atoms with Gasteiger partial charge in [-0.15, -0.1) is 0 Å². The molecule has 2 rings (SSSR count). The maximum atomic E-state index is 12.2. The van der Waals surface area contributed by atoms with Gasteiger partial charge in [0.1, 0.15) is 5.75 Å². The molecule has 0 bridgehead atoms. The average molecular weight is 387 g/mol. The number of nitrogens with zero attached hydrogens (tertiary/aromatic N) is 2. The van der Waals surface area contributed by atoms with E-state index in [0.717, 1.165) is 5.56 Å². The van der Waals surface area contributed by atoms with Crippen molar-refractivity contribution in [2.75, 3.05) is 33.9 Å². The van der Waals surface area contributed by atoms with E-state index in [9.17, 15) is 18.0 Å². The molecule has 0 aromatic heterocycles. The van der Waals surface area contributed by atoms with Crippen LogP contribution in [0, 0.1) is 11.8 Å². The predicted octanol–water partition coefficient (Wildman–Crippen LogP) is 2.44. The van der Waals surface area contributed by atoms with E-state index in [0.29, 0.717) is 25.6 Å². The van der Waals surface area contributed by atoms with Crippen molar-refractivity contribution < 1.29 is 27.4 Å². The number of guanidine groups is 1. The fraction of sp³-hybridized carbons (Fsp3) is 0.556. The van der Waals surface area contributed by atoms with E-state index in [1.807, 2.05) is 11.8 Å². The van der Waals surface area contributed by atoms with Crippen LogP contribution in [-0.2, 0) is 16.1 Å². The smallest absolute Gasteiger partial charge is 0.422 e. The summed E-state index contributed by atoms with van der Waals surface area (Å²) in [6.45, 7) is 2.33. The van der Waals surface area contributed by atoms with Crippen molar-refractivity contribution >= 4 is 11.9 Å². The first kappa shape index (κ1) is 20.9. The van der Waals surface area contributed by atoms with Crippen molar-refractivity contribution in [2.24, 2.45) is 16.8 Å². The van der Waals surface area contributed by atoms with Crippen molar-refractivity contribution in [2.45, 2.75) is 19.6 Å². The third kappa shape index (κ3) is 6.04. The minimum Gasteiger partial charge on any atom is -0.484 e. The lowest BCUT2D eigenvalue weighted by molar-refractivity contribution is -0.153. The molecule has 0 amide bonds.